The van der Waals surface area contributed by atoms with E-state index in [1.54, 1.807) is 49.6 Å². The average Bonchev–Trinajstić information content (AvgIpc) is 2.56. The highest BCUT2D eigenvalue weighted by Gasteiger charge is 2.10. The Morgan fingerprint density at radius 1 is 1.26 bits per heavy atom. The van der Waals surface area contributed by atoms with Gasteiger partial charge in [-0.1, -0.05) is 24.3 Å². The third-order valence-corrected chi connectivity index (χ3v) is 3.05. The monoisotopic (exact) mass is 313 g/mol. The van der Waals surface area contributed by atoms with E-state index in [2.05, 4.69) is 10.5 Å². The number of para-hydroxylation sites is 1. The molecular formula is C16H15N3O4. The smallest absolute Gasteiger partial charge is 0.278 e. The number of nitrogens with zero attached hydrogens (tertiary/aromatic N) is 2. The number of nitro benzene ring substituents is 1. The molecule has 0 atom stereocenters. The van der Waals surface area contributed by atoms with E-state index in [-0.39, 0.29) is 18.0 Å². The second kappa shape index (κ2) is 7.69. The van der Waals surface area contributed by atoms with E-state index in [0.717, 1.165) is 5.56 Å². The molecule has 7 nitrogen and oxygen atoms in total. The van der Waals surface area contributed by atoms with Crippen LogP contribution >= 0.6 is 0 Å². The van der Waals surface area contributed by atoms with Crippen molar-refractivity contribution in [3.8, 4) is 5.75 Å². The number of carbonyl (C=O) groups excluding carboxylic acids is 1. The van der Waals surface area contributed by atoms with Gasteiger partial charge in [0.25, 0.3) is 5.69 Å². The van der Waals surface area contributed by atoms with Crippen LogP contribution in [0.3, 0.4) is 0 Å². The van der Waals surface area contributed by atoms with Crippen LogP contribution in [0, 0.1) is 10.1 Å². The number of ether oxygens (including phenoxy) is 1. The van der Waals surface area contributed by atoms with Crippen LogP contribution in [0.2, 0.25) is 0 Å². The molecule has 0 heterocycles. The fourth-order valence-electron chi connectivity index (χ4n) is 1.91. The molecule has 23 heavy (non-hydrogen) atoms. The maximum atomic E-state index is 11.8. The van der Waals surface area contributed by atoms with Crippen LogP contribution in [0.15, 0.2) is 53.6 Å². The van der Waals surface area contributed by atoms with E-state index >= 15 is 0 Å². The maximum Gasteiger partial charge on any atom is 0.278 e. The first kappa shape index (κ1) is 16.2. The lowest BCUT2D eigenvalue weighted by Gasteiger charge is -2.02. The Labute approximate surface area is 132 Å². The molecule has 0 fully saturated rings. The van der Waals surface area contributed by atoms with Crippen molar-refractivity contribution in [3.63, 3.8) is 0 Å². The Kier molecular flexibility index (Phi) is 5.40. The Balaban J connectivity index is 1.94. The molecule has 1 N–H and O–H groups in total. The van der Waals surface area contributed by atoms with Gasteiger partial charge < -0.3 is 4.74 Å². The SMILES string of the molecule is COc1ccc(CC(=O)N/N=C\c2ccccc2[N+](=O)[O-])cc1. The number of methoxy groups -OCH3 is 1. The van der Waals surface area contributed by atoms with E-state index in [1.807, 2.05) is 0 Å². The number of hydrazone groups is 1. The molecule has 0 saturated carbocycles. The van der Waals surface area contributed by atoms with Crippen molar-refractivity contribution in [1.29, 1.82) is 0 Å². The van der Waals surface area contributed by atoms with Gasteiger partial charge in [-0.3, -0.25) is 14.9 Å². The van der Waals surface area contributed by atoms with Gasteiger partial charge in [0.15, 0.2) is 0 Å². The fraction of sp³-hybridized carbons (Fsp3) is 0.125. The molecule has 0 aliphatic carbocycles. The lowest BCUT2D eigenvalue weighted by molar-refractivity contribution is -0.385. The maximum absolute atomic E-state index is 11.8. The zero-order chi connectivity index (χ0) is 16.7. The minimum Gasteiger partial charge on any atom is -0.497 e. The van der Waals surface area contributed by atoms with Gasteiger partial charge >= 0.3 is 0 Å². The third kappa shape index (κ3) is 4.63. The molecule has 0 aliphatic rings. The predicted molar refractivity (Wildman–Crippen MR) is 85.5 cm³/mol. The minimum absolute atomic E-state index is 0.0688. The third-order valence-electron chi connectivity index (χ3n) is 3.05. The Hall–Kier alpha value is -3.22. The highest BCUT2D eigenvalue weighted by Crippen LogP contribution is 2.15. The van der Waals surface area contributed by atoms with Crippen molar-refractivity contribution in [1.82, 2.24) is 5.43 Å². The highest BCUT2D eigenvalue weighted by atomic mass is 16.6. The van der Waals surface area contributed by atoms with Gasteiger partial charge in [-0.15, -0.1) is 0 Å². The molecule has 0 radical (unpaired) electrons. The summed E-state index contributed by atoms with van der Waals surface area (Å²) in [5, 5.41) is 14.6. The van der Waals surface area contributed by atoms with Crippen LogP contribution < -0.4 is 10.2 Å². The predicted octanol–water partition coefficient (Wildman–Crippen LogP) is 2.30. The van der Waals surface area contributed by atoms with Crippen LogP contribution in [-0.4, -0.2) is 24.2 Å². The first-order valence-corrected chi connectivity index (χ1v) is 6.78. The second-order valence-corrected chi connectivity index (χ2v) is 4.63. The number of carbonyl (C=O) groups is 1. The van der Waals surface area contributed by atoms with E-state index in [0.29, 0.717) is 11.3 Å². The molecule has 0 saturated heterocycles. The minimum atomic E-state index is -0.499. The first-order chi connectivity index (χ1) is 11.1. The summed E-state index contributed by atoms with van der Waals surface area (Å²) in [4.78, 5) is 22.1. The molecule has 1 amide bonds. The van der Waals surface area contributed by atoms with Crippen LogP contribution in [-0.2, 0) is 11.2 Å². The average molecular weight is 313 g/mol. The molecular weight excluding hydrogens is 298 g/mol. The zero-order valence-electron chi connectivity index (χ0n) is 12.4. The number of hydrogen-bond donors (Lipinski definition) is 1. The topological polar surface area (TPSA) is 93.8 Å². The summed E-state index contributed by atoms with van der Waals surface area (Å²) in [6, 6.07) is 13.2. The summed E-state index contributed by atoms with van der Waals surface area (Å²) >= 11 is 0. The summed E-state index contributed by atoms with van der Waals surface area (Å²) in [5.74, 6) is 0.397. The quantitative estimate of drug-likeness (QED) is 0.503. The van der Waals surface area contributed by atoms with Crippen LogP contribution in [0.5, 0.6) is 5.75 Å². The summed E-state index contributed by atoms with van der Waals surface area (Å²) < 4.78 is 5.04. The largest absolute Gasteiger partial charge is 0.497 e. The summed E-state index contributed by atoms with van der Waals surface area (Å²) in [6.45, 7) is 0. The molecule has 0 spiro atoms. The van der Waals surface area contributed by atoms with Gasteiger partial charge in [0.05, 0.1) is 30.2 Å². The van der Waals surface area contributed by atoms with Gasteiger partial charge in [-0.05, 0) is 23.8 Å². The molecule has 0 aromatic heterocycles. The number of amides is 1. The van der Waals surface area contributed by atoms with Gasteiger partial charge in [0.2, 0.25) is 5.91 Å². The van der Waals surface area contributed by atoms with E-state index in [1.165, 1.54) is 12.3 Å². The Morgan fingerprint density at radius 2 is 1.96 bits per heavy atom. The number of nitrogens with one attached hydrogen (secondary N) is 1. The van der Waals surface area contributed by atoms with Gasteiger partial charge in [-0.2, -0.15) is 5.10 Å². The van der Waals surface area contributed by atoms with Gasteiger partial charge in [0.1, 0.15) is 5.75 Å². The molecule has 0 aliphatic heterocycles. The Morgan fingerprint density at radius 3 is 2.61 bits per heavy atom. The molecule has 2 aromatic carbocycles. The summed E-state index contributed by atoms with van der Waals surface area (Å²) in [5.41, 5.74) is 3.41. The molecule has 7 heteroatoms. The lowest BCUT2D eigenvalue weighted by atomic mass is 10.1. The van der Waals surface area contributed by atoms with Crippen LogP contribution in [0.1, 0.15) is 11.1 Å². The molecule has 118 valence electrons. The van der Waals surface area contributed by atoms with Crippen LogP contribution in [0.4, 0.5) is 5.69 Å². The van der Waals surface area contributed by atoms with Crippen molar-refractivity contribution in [2.75, 3.05) is 7.11 Å². The number of benzene rings is 2. The number of hydrogen-bond acceptors (Lipinski definition) is 5. The van der Waals surface area contributed by atoms with Crippen molar-refractivity contribution in [3.05, 3.63) is 69.8 Å². The summed E-state index contributed by atoms with van der Waals surface area (Å²) in [7, 11) is 1.57. The number of rotatable bonds is 6. The molecule has 0 bridgehead atoms. The van der Waals surface area contributed by atoms with Gasteiger partial charge in [-0.25, -0.2) is 5.43 Å². The van der Waals surface area contributed by atoms with Crippen molar-refractivity contribution in [2.45, 2.75) is 6.42 Å². The van der Waals surface area contributed by atoms with E-state index in [4.69, 9.17) is 4.74 Å². The zero-order valence-corrected chi connectivity index (χ0v) is 12.4. The second-order valence-electron chi connectivity index (χ2n) is 4.63. The molecule has 2 aromatic rings. The molecule has 2 rings (SSSR count). The van der Waals surface area contributed by atoms with Crippen LogP contribution in [0.25, 0.3) is 0 Å². The molecule has 0 unspecified atom stereocenters. The fourth-order valence-corrected chi connectivity index (χ4v) is 1.91. The van der Waals surface area contributed by atoms with Crippen molar-refractivity contribution < 1.29 is 14.5 Å². The normalized spacial score (nSPS) is 10.5. The Bertz CT molecular complexity index is 726. The van der Waals surface area contributed by atoms with Crippen molar-refractivity contribution >= 4 is 17.8 Å². The highest BCUT2D eigenvalue weighted by molar-refractivity contribution is 5.86. The number of nitro groups is 1. The van der Waals surface area contributed by atoms with E-state index < -0.39 is 4.92 Å². The first-order valence-electron chi connectivity index (χ1n) is 6.78. The van der Waals surface area contributed by atoms with Gasteiger partial charge in [0, 0.05) is 6.07 Å². The van der Waals surface area contributed by atoms with Crippen molar-refractivity contribution in [2.24, 2.45) is 5.10 Å². The lowest BCUT2D eigenvalue weighted by Crippen LogP contribution is -2.19. The summed E-state index contributed by atoms with van der Waals surface area (Å²) in [6.07, 6.45) is 1.41. The standard InChI is InChI=1S/C16H15N3O4/c1-23-14-8-6-12(7-9-14)10-16(20)18-17-11-13-4-2-3-5-15(13)19(21)22/h2-9,11H,10H2,1H3,(H,18,20)/b17-11-. The van der Waals surface area contributed by atoms with E-state index in [9.17, 15) is 14.9 Å².